The van der Waals surface area contributed by atoms with E-state index in [2.05, 4.69) is 39.4 Å². The van der Waals surface area contributed by atoms with E-state index in [-0.39, 0.29) is 17.9 Å². The molecule has 3 heterocycles. The Morgan fingerprint density at radius 3 is 2.92 bits per heavy atom. The quantitative estimate of drug-likeness (QED) is 0.743. The summed E-state index contributed by atoms with van der Waals surface area (Å²) in [5.41, 5.74) is 1.55. The molecule has 3 rings (SSSR count). The van der Waals surface area contributed by atoms with Gasteiger partial charge in [0.2, 0.25) is 5.91 Å². The van der Waals surface area contributed by atoms with Gasteiger partial charge in [-0.05, 0) is 30.9 Å². The molecular formula is C17H25N5O2. The Balaban J connectivity index is 1.58. The van der Waals surface area contributed by atoms with Gasteiger partial charge in [0, 0.05) is 25.5 Å². The maximum atomic E-state index is 12.6. The lowest BCUT2D eigenvalue weighted by Crippen LogP contribution is -2.52. The number of fused-ring (bicyclic) bond motifs is 1. The van der Waals surface area contributed by atoms with Gasteiger partial charge in [0.05, 0.1) is 18.1 Å². The SMILES string of the molecule is CC(C)[C@@H](NC1CCOCC1)C(=O)NCc1nc2ncccc2[nH]1. The van der Waals surface area contributed by atoms with E-state index in [9.17, 15) is 4.79 Å². The second-order valence-corrected chi connectivity index (χ2v) is 6.55. The fourth-order valence-corrected chi connectivity index (χ4v) is 2.95. The Kier molecular flexibility index (Phi) is 5.42. The van der Waals surface area contributed by atoms with Crippen LogP contribution < -0.4 is 10.6 Å². The minimum absolute atomic E-state index is 0.00454. The summed E-state index contributed by atoms with van der Waals surface area (Å²) >= 11 is 0. The Bertz CT molecular complexity index is 645. The molecule has 1 aliphatic heterocycles. The topological polar surface area (TPSA) is 91.9 Å². The molecule has 1 fully saturated rings. The Hall–Kier alpha value is -1.99. The second-order valence-electron chi connectivity index (χ2n) is 6.55. The smallest absolute Gasteiger partial charge is 0.237 e. The number of rotatable bonds is 6. The molecule has 24 heavy (non-hydrogen) atoms. The summed E-state index contributed by atoms with van der Waals surface area (Å²) in [5, 5.41) is 6.46. The van der Waals surface area contributed by atoms with Crippen molar-refractivity contribution < 1.29 is 9.53 Å². The molecule has 0 aromatic carbocycles. The van der Waals surface area contributed by atoms with Crippen LogP contribution in [0, 0.1) is 5.92 Å². The fourth-order valence-electron chi connectivity index (χ4n) is 2.95. The average Bonchev–Trinajstić information content (AvgIpc) is 3.01. The van der Waals surface area contributed by atoms with E-state index in [1.807, 2.05) is 12.1 Å². The third-order valence-electron chi connectivity index (χ3n) is 4.32. The molecular weight excluding hydrogens is 306 g/mol. The highest BCUT2D eigenvalue weighted by atomic mass is 16.5. The molecule has 1 saturated heterocycles. The number of nitrogens with one attached hydrogen (secondary N) is 3. The number of ether oxygens (including phenoxy) is 1. The molecule has 0 bridgehead atoms. The lowest BCUT2D eigenvalue weighted by atomic mass is 10.00. The Morgan fingerprint density at radius 2 is 2.21 bits per heavy atom. The normalized spacial score (nSPS) is 17.3. The van der Waals surface area contributed by atoms with E-state index >= 15 is 0 Å². The number of nitrogens with zero attached hydrogens (tertiary/aromatic N) is 2. The lowest BCUT2D eigenvalue weighted by molar-refractivity contribution is -0.124. The van der Waals surface area contributed by atoms with Crippen molar-refractivity contribution >= 4 is 17.1 Å². The molecule has 0 aliphatic carbocycles. The van der Waals surface area contributed by atoms with E-state index in [4.69, 9.17) is 4.74 Å². The summed E-state index contributed by atoms with van der Waals surface area (Å²) in [4.78, 5) is 24.3. The van der Waals surface area contributed by atoms with Crippen LogP contribution in [-0.2, 0) is 16.1 Å². The maximum Gasteiger partial charge on any atom is 0.237 e. The molecule has 2 aromatic heterocycles. The van der Waals surface area contributed by atoms with Crippen molar-refractivity contribution in [2.24, 2.45) is 5.92 Å². The molecule has 130 valence electrons. The molecule has 1 aliphatic rings. The third kappa shape index (κ3) is 4.10. The van der Waals surface area contributed by atoms with Crippen LogP contribution in [0.2, 0.25) is 0 Å². The van der Waals surface area contributed by atoms with Crippen LogP contribution >= 0.6 is 0 Å². The van der Waals surface area contributed by atoms with Gasteiger partial charge < -0.3 is 20.4 Å². The monoisotopic (exact) mass is 331 g/mol. The van der Waals surface area contributed by atoms with Crippen LogP contribution in [0.1, 0.15) is 32.5 Å². The van der Waals surface area contributed by atoms with E-state index in [0.29, 0.717) is 24.1 Å². The number of carbonyl (C=O) groups is 1. The van der Waals surface area contributed by atoms with Crippen molar-refractivity contribution in [1.29, 1.82) is 0 Å². The number of H-pyrrole nitrogens is 1. The average molecular weight is 331 g/mol. The van der Waals surface area contributed by atoms with Crippen LogP contribution in [0.5, 0.6) is 0 Å². The van der Waals surface area contributed by atoms with Gasteiger partial charge in [0.15, 0.2) is 5.65 Å². The zero-order chi connectivity index (χ0) is 16.9. The highest BCUT2D eigenvalue weighted by molar-refractivity contribution is 5.82. The summed E-state index contributed by atoms with van der Waals surface area (Å²) in [5.74, 6) is 0.931. The van der Waals surface area contributed by atoms with Crippen LogP contribution in [0.25, 0.3) is 11.2 Å². The Morgan fingerprint density at radius 1 is 1.42 bits per heavy atom. The van der Waals surface area contributed by atoms with Crippen molar-refractivity contribution in [3.8, 4) is 0 Å². The summed E-state index contributed by atoms with van der Waals surface area (Å²) < 4.78 is 5.38. The first-order valence-corrected chi connectivity index (χ1v) is 8.54. The molecule has 2 aromatic rings. The van der Waals surface area contributed by atoms with Gasteiger partial charge in [-0.15, -0.1) is 0 Å². The van der Waals surface area contributed by atoms with Crippen LogP contribution in [0.15, 0.2) is 18.3 Å². The molecule has 0 saturated carbocycles. The zero-order valence-corrected chi connectivity index (χ0v) is 14.2. The predicted molar refractivity (Wildman–Crippen MR) is 91.3 cm³/mol. The maximum absolute atomic E-state index is 12.6. The number of amides is 1. The number of hydrogen-bond acceptors (Lipinski definition) is 5. The van der Waals surface area contributed by atoms with Gasteiger partial charge in [-0.3, -0.25) is 4.79 Å². The highest BCUT2D eigenvalue weighted by Gasteiger charge is 2.26. The van der Waals surface area contributed by atoms with E-state index in [1.54, 1.807) is 6.20 Å². The van der Waals surface area contributed by atoms with Crippen LogP contribution in [-0.4, -0.2) is 46.2 Å². The van der Waals surface area contributed by atoms with Crippen LogP contribution in [0.4, 0.5) is 0 Å². The number of hydrogen-bond donors (Lipinski definition) is 3. The largest absolute Gasteiger partial charge is 0.381 e. The predicted octanol–water partition coefficient (Wildman–Crippen LogP) is 1.37. The first-order valence-electron chi connectivity index (χ1n) is 8.54. The van der Waals surface area contributed by atoms with Gasteiger partial charge in [-0.25, -0.2) is 9.97 Å². The summed E-state index contributed by atoms with van der Waals surface area (Å²) in [7, 11) is 0. The number of aromatic nitrogens is 3. The number of pyridine rings is 1. The van der Waals surface area contributed by atoms with Gasteiger partial charge in [0.25, 0.3) is 0 Å². The summed E-state index contributed by atoms with van der Waals surface area (Å²) in [6.07, 6.45) is 3.61. The van der Waals surface area contributed by atoms with Gasteiger partial charge in [-0.2, -0.15) is 0 Å². The summed E-state index contributed by atoms with van der Waals surface area (Å²) in [6.45, 7) is 6.00. The van der Waals surface area contributed by atoms with Gasteiger partial charge in [-0.1, -0.05) is 13.8 Å². The minimum Gasteiger partial charge on any atom is -0.381 e. The molecule has 7 nitrogen and oxygen atoms in total. The van der Waals surface area contributed by atoms with E-state index in [0.717, 1.165) is 31.6 Å². The molecule has 1 amide bonds. The number of carbonyl (C=O) groups excluding carboxylic acids is 1. The fraction of sp³-hybridized carbons (Fsp3) is 0.588. The molecule has 0 spiro atoms. The van der Waals surface area contributed by atoms with Crippen LogP contribution in [0.3, 0.4) is 0 Å². The van der Waals surface area contributed by atoms with Gasteiger partial charge >= 0.3 is 0 Å². The zero-order valence-electron chi connectivity index (χ0n) is 14.2. The molecule has 1 atom stereocenters. The first-order chi connectivity index (χ1) is 11.6. The Labute approximate surface area is 141 Å². The van der Waals surface area contributed by atoms with Crippen molar-refractivity contribution in [2.75, 3.05) is 13.2 Å². The standard InChI is InChI=1S/C17H25N5O2/c1-11(2)15(20-12-5-8-24-9-6-12)17(23)19-10-14-21-13-4-3-7-18-16(13)22-14/h3-4,7,11-12,15,20H,5-6,8-10H2,1-2H3,(H,19,23)(H,18,21,22)/t15-/m1/s1. The van der Waals surface area contributed by atoms with E-state index < -0.39 is 0 Å². The van der Waals surface area contributed by atoms with Crippen molar-refractivity contribution in [2.45, 2.75) is 45.3 Å². The third-order valence-corrected chi connectivity index (χ3v) is 4.32. The molecule has 0 radical (unpaired) electrons. The lowest BCUT2D eigenvalue weighted by Gasteiger charge is -2.29. The minimum atomic E-state index is -0.212. The van der Waals surface area contributed by atoms with Gasteiger partial charge in [0.1, 0.15) is 5.82 Å². The molecule has 7 heteroatoms. The first kappa shape index (κ1) is 16.9. The molecule has 0 unspecified atom stereocenters. The highest BCUT2D eigenvalue weighted by Crippen LogP contribution is 2.11. The number of imidazole rings is 1. The second kappa shape index (κ2) is 7.72. The summed E-state index contributed by atoms with van der Waals surface area (Å²) in [6, 6.07) is 3.91. The van der Waals surface area contributed by atoms with E-state index in [1.165, 1.54) is 0 Å². The van der Waals surface area contributed by atoms with Crippen molar-refractivity contribution in [3.05, 3.63) is 24.2 Å². The molecule has 3 N–H and O–H groups in total. The van der Waals surface area contributed by atoms with Crippen molar-refractivity contribution in [1.82, 2.24) is 25.6 Å². The number of aromatic amines is 1. The van der Waals surface area contributed by atoms with Crippen molar-refractivity contribution in [3.63, 3.8) is 0 Å².